The van der Waals surface area contributed by atoms with Crippen LogP contribution in [0.15, 0.2) is 54.3 Å². The van der Waals surface area contributed by atoms with E-state index in [1.165, 1.54) is 0 Å². The SMILES string of the molecule is C.CC(=O)O[C@@H](CC(=O)O[C@H](C(=O)OC1=CC[C@@]2(O)[C@@H](C)N(C)CC[C@@]23c2c(C)ccc(CO)c2O[C@@H]13)c1ccccc1)C(=O)O.O=CC(F)(F)F. The van der Waals surface area contributed by atoms with E-state index < -0.39 is 72.1 Å². The van der Waals surface area contributed by atoms with Gasteiger partial charge in [-0.2, -0.15) is 13.2 Å². The number of carbonyl (C=O) groups is 5. The second kappa shape index (κ2) is 16.3. The number of aliphatic carboxylic acids is 1. The van der Waals surface area contributed by atoms with E-state index in [-0.39, 0.29) is 37.8 Å². The van der Waals surface area contributed by atoms with Crippen LogP contribution in [0, 0.1) is 6.92 Å². The molecule has 1 aliphatic carbocycles. The number of likely N-dealkylation sites (tertiary alicyclic amines) is 1. The van der Waals surface area contributed by atoms with Gasteiger partial charge in [0.25, 0.3) is 0 Å². The third-order valence-electron chi connectivity index (χ3n) is 9.46. The number of fused-ring (bicyclic) bond motifs is 1. The lowest BCUT2D eigenvalue weighted by molar-refractivity contribution is -0.176. The number of carboxylic acid groups (broad SMARTS) is 1. The highest BCUT2D eigenvalue weighted by atomic mass is 19.4. The van der Waals surface area contributed by atoms with Crippen LogP contribution in [0.25, 0.3) is 0 Å². The van der Waals surface area contributed by atoms with Crippen LogP contribution < -0.4 is 4.74 Å². The summed E-state index contributed by atoms with van der Waals surface area (Å²) >= 11 is 0. The predicted molar refractivity (Wildman–Crippen MR) is 176 cm³/mol. The first-order chi connectivity index (χ1) is 23.9. The molecule has 2 heterocycles. The zero-order valence-electron chi connectivity index (χ0n) is 28.1. The maximum absolute atomic E-state index is 13.8. The van der Waals surface area contributed by atoms with Gasteiger partial charge in [-0.3, -0.25) is 14.4 Å². The molecule has 0 radical (unpaired) electrons. The molecule has 284 valence electrons. The monoisotopic (exact) mass is 737 g/mol. The molecule has 2 aromatic carbocycles. The van der Waals surface area contributed by atoms with Crippen LogP contribution >= 0.6 is 0 Å². The van der Waals surface area contributed by atoms with Crippen molar-refractivity contribution in [1.82, 2.24) is 4.90 Å². The van der Waals surface area contributed by atoms with E-state index in [4.69, 9.17) is 23.7 Å². The van der Waals surface area contributed by atoms with E-state index in [0.717, 1.165) is 18.1 Å². The van der Waals surface area contributed by atoms with Gasteiger partial charge in [0.2, 0.25) is 18.5 Å². The summed E-state index contributed by atoms with van der Waals surface area (Å²) in [4.78, 5) is 60.4. The van der Waals surface area contributed by atoms with Crippen LogP contribution in [0.4, 0.5) is 13.2 Å². The molecule has 52 heavy (non-hydrogen) atoms. The van der Waals surface area contributed by atoms with Crippen LogP contribution in [0.5, 0.6) is 5.75 Å². The quantitative estimate of drug-likeness (QED) is 0.192. The van der Waals surface area contributed by atoms with Crippen molar-refractivity contribution < 1.29 is 71.4 Å². The molecule has 3 aliphatic rings. The van der Waals surface area contributed by atoms with Crippen molar-refractivity contribution in [2.75, 3.05) is 13.6 Å². The van der Waals surface area contributed by atoms with Gasteiger partial charge in [0, 0.05) is 36.1 Å². The summed E-state index contributed by atoms with van der Waals surface area (Å²) < 4.78 is 53.9. The third kappa shape index (κ3) is 8.13. The van der Waals surface area contributed by atoms with Gasteiger partial charge >= 0.3 is 30.1 Å². The lowest BCUT2D eigenvalue weighted by Gasteiger charge is -2.58. The molecule has 16 heteroatoms. The standard InChI is InChI=1S/C33H37NO11.C2HF3O.CH4/c1-18-10-11-22(17-35)27-26(18)32-14-15-34(4)19(2)33(32,41)13-12-23(29(32)45-27)43-31(40)28(21-8-6-5-7-9-21)44-25(37)16-24(30(38)39)42-20(3)36;3-2(4,5)1-6;/h5-12,19,24,28-29,35,41H,13-17H2,1-4H3,(H,38,39);1H;1H4/t19-,24+,28+,29+,32+,33-;;/m1../s1. The van der Waals surface area contributed by atoms with E-state index in [2.05, 4.69) is 4.90 Å². The van der Waals surface area contributed by atoms with Crippen molar-refractivity contribution in [3.63, 3.8) is 0 Å². The number of likely N-dealkylation sites (N-methyl/N-ethyl adjacent to an activating group) is 1. The Hall–Kier alpha value is -4.80. The zero-order chi connectivity index (χ0) is 37.9. The smallest absolute Gasteiger partial charge is 0.446 e. The number of aliphatic hydroxyl groups excluding tert-OH is 1. The maximum atomic E-state index is 13.8. The second-order valence-corrected chi connectivity index (χ2v) is 12.5. The van der Waals surface area contributed by atoms with Crippen molar-refractivity contribution in [3.05, 3.63) is 76.6 Å². The summed E-state index contributed by atoms with van der Waals surface area (Å²) in [6, 6.07) is 11.4. The minimum absolute atomic E-state index is 0. The molecule has 6 atom stereocenters. The number of aldehydes is 1. The Morgan fingerprint density at radius 3 is 2.31 bits per heavy atom. The lowest BCUT2D eigenvalue weighted by atomic mass is 9.54. The van der Waals surface area contributed by atoms with Gasteiger partial charge in [-0.05, 0) is 45.5 Å². The first-order valence-corrected chi connectivity index (χ1v) is 15.8. The molecule has 2 aliphatic heterocycles. The predicted octanol–water partition coefficient (Wildman–Crippen LogP) is 3.85. The molecule has 0 bridgehead atoms. The molecule has 0 aromatic heterocycles. The molecule has 0 amide bonds. The summed E-state index contributed by atoms with van der Waals surface area (Å²) in [5.41, 5.74) is 0.0867. The molecule has 0 unspecified atom stereocenters. The number of piperidine rings is 1. The molecule has 3 N–H and O–H groups in total. The number of benzene rings is 2. The average molecular weight is 738 g/mol. The van der Waals surface area contributed by atoms with E-state index in [0.29, 0.717) is 24.3 Å². The number of carboxylic acids is 1. The highest BCUT2D eigenvalue weighted by molar-refractivity contribution is 5.85. The van der Waals surface area contributed by atoms with Crippen LogP contribution in [-0.2, 0) is 50.2 Å². The van der Waals surface area contributed by atoms with Crippen LogP contribution in [0.1, 0.15) is 68.9 Å². The fourth-order valence-electron chi connectivity index (χ4n) is 6.96. The number of aryl methyl sites for hydroxylation is 1. The van der Waals surface area contributed by atoms with E-state index >= 15 is 0 Å². The molecule has 1 spiro atoms. The maximum Gasteiger partial charge on any atom is 0.446 e. The number of alkyl halides is 3. The van der Waals surface area contributed by atoms with E-state index in [1.54, 1.807) is 42.5 Å². The largest absolute Gasteiger partial charge is 0.481 e. The van der Waals surface area contributed by atoms with Crippen molar-refractivity contribution >= 4 is 30.2 Å². The number of esters is 3. The summed E-state index contributed by atoms with van der Waals surface area (Å²) in [5.74, 6) is -3.95. The minimum Gasteiger partial charge on any atom is -0.481 e. The van der Waals surface area contributed by atoms with Crippen molar-refractivity contribution in [2.24, 2.45) is 0 Å². The number of halogens is 3. The van der Waals surface area contributed by atoms with Crippen molar-refractivity contribution in [3.8, 4) is 5.75 Å². The molecule has 1 fully saturated rings. The summed E-state index contributed by atoms with van der Waals surface area (Å²) in [6.07, 6.45) is -8.67. The number of carbonyl (C=O) groups excluding carboxylic acids is 4. The number of aliphatic hydroxyl groups is 2. The number of hydrogen-bond donors (Lipinski definition) is 3. The van der Waals surface area contributed by atoms with Crippen molar-refractivity contribution in [1.29, 1.82) is 0 Å². The average Bonchev–Trinajstić information content (AvgIpc) is 3.44. The van der Waals surface area contributed by atoms with E-state index in [9.17, 15) is 47.7 Å². The van der Waals surface area contributed by atoms with Gasteiger partial charge in [-0.1, -0.05) is 49.9 Å². The number of nitrogens with zero attached hydrogens (tertiary/aromatic N) is 1. The number of rotatable bonds is 9. The summed E-state index contributed by atoms with van der Waals surface area (Å²) in [5, 5.41) is 32.0. The fraction of sp³-hybridized carbons (Fsp3) is 0.472. The number of hydrogen-bond acceptors (Lipinski definition) is 12. The normalized spacial score (nSPS) is 24.3. The molecule has 2 aromatic rings. The highest BCUT2D eigenvalue weighted by Crippen LogP contribution is 2.61. The van der Waals surface area contributed by atoms with Gasteiger partial charge in [0.1, 0.15) is 11.5 Å². The third-order valence-corrected chi connectivity index (χ3v) is 9.46. The second-order valence-electron chi connectivity index (χ2n) is 12.5. The van der Waals surface area contributed by atoms with Gasteiger partial charge in [0.15, 0.2) is 6.10 Å². The van der Waals surface area contributed by atoms with Crippen LogP contribution in [0.2, 0.25) is 0 Å². The molecule has 0 saturated carbocycles. The number of ether oxygens (including phenoxy) is 4. The van der Waals surface area contributed by atoms with E-state index in [1.807, 2.05) is 27.0 Å². The zero-order valence-corrected chi connectivity index (χ0v) is 28.1. The fourth-order valence-corrected chi connectivity index (χ4v) is 6.96. The van der Waals surface area contributed by atoms with Crippen LogP contribution in [-0.4, -0.2) is 94.0 Å². The Balaban J connectivity index is 0.000000960. The minimum atomic E-state index is -4.64. The molecule has 5 rings (SSSR count). The molecule has 13 nitrogen and oxygen atoms in total. The van der Waals surface area contributed by atoms with Crippen LogP contribution in [0.3, 0.4) is 0 Å². The topological polar surface area (TPSA) is 186 Å². The lowest BCUT2D eigenvalue weighted by Crippen LogP contribution is -2.71. The summed E-state index contributed by atoms with van der Waals surface area (Å²) in [6.45, 7) is 5.19. The Labute approximate surface area is 297 Å². The molecular weight excluding hydrogens is 695 g/mol. The van der Waals surface area contributed by atoms with Gasteiger partial charge in [-0.25, -0.2) is 9.59 Å². The first-order valence-electron chi connectivity index (χ1n) is 15.8. The first kappa shape index (κ1) is 41.6. The molecular formula is C36H42F3NO12. The highest BCUT2D eigenvalue weighted by Gasteiger charge is 2.69. The van der Waals surface area contributed by atoms with Crippen molar-refractivity contribution in [2.45, 2.75) is 95.6 Å². The molecule has 1 saturated heterocycles. The summed E-state index contributed by atoms with van der Waals surface area (Å²) in [7, 11) is 1.94. The Morgan fingerprint density at radius 2 is 1.75 bits per heavy atom. The Kier molecular flexibility index (Phi) is 13.0. The Bertz CT molecular complexity index is 1700. The van der Waals surface area contributed by atoms with Gasteiger partial charge < -0.3 is 39.2 Å². The van der Waals surface area contributed by atoms with Gasteiger partial charge in [-0.15, -0.1) is 0 Å². The van der Waals surface area contributed by atoms with Gasteiger partial charge in [0.05, 0.1) is 24.0 Å². The Morgan fingerprint density at radius 1 is 1.12 bits per heavy atom.